The number of hydrogen-bond acceptors (Lipinski definition) is 9. The maximum Gasteiger partial charge on any atom is 0.338 e. The summed E-state index contributed by atoms with van der Waals surface area (Å²) in [4.78, 5) is 25.0. The topological polar surface area (TPSA) is 98.8 Å². The molecule has 0 aromatic heterocycles. The van der Waals surface area contributed by atoms with E-state index >= 15 is 0 Å². The Balaban J connectivity index is 1.30. The second-order valence-corrected chi connectivity index (χ2v) is 13.4. The zero-order chi connectivity index (χ0) is 35.7. The first-order chi connectivity index (χ1) is 25.1. The molecule has 9 heteroatoms. The van der Waals surface area contributed by atoms with Crippen molar-refractivity contribution >= 4 is 11.9 Å². The lowest BCUT2D eigenvalue weighted by Gasteiger charge is -2.49. The zero-order valence-electron chi connectivity index (χ0n) is 30.1. The van der Waals surface area contributed by atoms with Crippen LogP contribution in [0, 0.1) is 0 Å². The van der Waals surface area contributed by atoms with Crippen LogP contribution in [0.1, 0.15) is 105 Å². The maximum absolute atomic E-state index is 13.6. The lowest BCUT2D eigenvalue weighted by atomic mass is 9.96. The third kappa shape index (κ3) is 12.0. The SMILES string of the molecule is CCC[C@@H](CCCCCCCCCC(=O)OC)O[C@@H]1O[C@@H]2COC(c3ccccc3)O[C@H]2[C@H](OCc2ccccc2)[C@H]1OC(=O)c1ccccc1. The van der Waals surface area contributed by atoms with Gasteiger partial charge in [-0.2, -0.15) is 0 Å². The van der Waals surface area contributed by atoms with Crippen molar-refractivity contribution in [3.63, 3.8) is 0 Å². The molecular weight excluding hydrogens is 648 g/mol. The molecule has 0 bridgehead atoms. The van der Waals surface area contributed by atoms with Crippen LogP contribution in [-0.2, 0) is 44.6 Å². The normalized spacial score (nSPS) is 23.6. The van der Waals surface area contributed by atoms with Crippen LogP contribution in [0.3, 0.4) is 0 Å². The van der Waals surface area contributed by atoms with Gasteiger partial charge < -0.3 is 33.2 Å². The predicted octanol–water partition coefficient (Wildman–Crippen LogP) is 8.51. The number of hydrogen-bond donors (Lipinski definition) is 0. The van der Waals surface area contributed by atoms with Gasteiger partial charge in [0.25, 0.3) is 0 Å². The minimum absolute atomic E-state index is 0.0909. The average Bonchev–Trinajstić information content (AvgIpc) is 3.17. The van der Waals surface area contributed by atoms with Crippen molar-refractivity contribution in [1.29, 1.82) is 0 Å². The molecule has 3 aromatic rings. The number of rotatable bonds is 20. The molecule has 7 atom stereocenters. The second-order valence-electron chi connectivity index (χ2n) is 13.4. The van der Waals surface area contributed by atoms with Crippen LogP contribution in [0.4, 0.5) is 0 Å². The fourth-order valence-electron chi connectivity index (χ4n) is 6.70. The van der Waals surface area contributed by atoms with E-state index in [-0.39, 0.29) is 18.7 Å². The summed E-state index contributed by atoms with van der Waals surface area (Å²) < 4.78 is 43.9. The third-order valence-corrected chi connectivity index (χ3v) is 9.47. The van der Waals surface area contributed by atoms with E-state index < -0.39 is 43.0 Å². The molecule has 0 aliphatic carbocycles. The van der Waals surface area contributed by atoms with Crippen LogP contribution in [0.25, 0.3) is 0 Å². The predicted molar refractivity (Wildman–Crippen MR) is 193 cm³/mol. The highest BCUT2D eigenvalue weighted by Gasteiger charge is 2.53. The fourth-order valence-corrected chi connectivity index (χ4v) is 6.70. The molecule has 0 radical (unpaired) electrons. The number of ether oxygens (including phenoxy) is 7. The van der Waals surface area contributed by atoms with Gasteiger partial charge in [0.05, 0.1) is 32.0 Å². The summed E-state index contributed by atoms with van der Waals surface area (Å²) in [6.07, 6.45) is 6.25. The summed E-state index contributed by atoms with van der Waals surface area (Å²) in [6.45, 7) is 2.71. The second kappa shape index (κ2) is 21.1. The molecule has 1 unspecified atom stereocenters. The van der Waals surface area contributed by atoms with Crippen LogP contribution < -0.4 is 0 Å². The first-order valence-electron chi connectivity index (χ1n) is 18.7. The van der Waals surface area contributed by atoms with Gasteiger partial charge in [0.2, 0.25) is 0 Å². The first-order valence-corrected chi connectivity index (χ1v) is 18.7. The van der Waals surface area contributed by atoms with Crippen molar-refractivity contribution in [2.24, 2.45) is 0 Å². The van der Waals surface area contributed by atoms with Crippen molar-refractivity contribution < 1.29 is 42.7 Å². The number of unbranched alkanes of at least 4 members (excludes halogenated alkanes) is 6. The minimum atomic E-state index is -0.901. The number of methoxy groups -OCH3 is 1. The van der Waals surface area contributed by atoms with Crippen molar-refractivity contribution in [2.45, 2.75) is 127 Å². The molecular formula is C42H54O9. The molecule has 2 aliphatic heterocycles. The van der Waals surface area contributed by atoms with E-state index in [0.29, 0.717) is 18.6 Å². The van der Waals surface area contributed by atoms with Crippen LogP contribution in [0.2, 0.25) is 0 Å². The van der Waals surface area contributed by atoms with Gasteiger partial charge in [-0.3, -0.25) is 4.79 Å². The van der Waals surface area contributed by atoms with Gasteiger partial charge in [-0.1, -0.05) is 131 Å². The Labute approximate surface area is 302 Å². The Bertz CT molecular complexity index is 1420. The highest BCUT2D eigenvalue weighted by Crippen LogP contribution is 2.38. The molecule has 0 spiro atoms. The van der Waals surface area contributed by atoms with Crippen LogP contribution in [0.5, 0.6) is 0 Å². The van der Waals surface area contributed by atoms with Crippen molar-refractivity contribution in [1.82, 2.24) is 0 Å². The van der Waals surface area contributed by atoms with Crippen molar-refractivity contribution in [3.8, 4) is 0 Å². The van der Waals surface area contributed by atoms with Gasteiger partial charge in [0, 0.05) is 12.0 Å². The third-order valence-electron chi connectivity index (χ3n) is 9.47. The summed E-state index contributed by atoms with van der Waals surface area (Å²) >= 11 is 0. The Morgan fingerprint density at radius 1 is 0.765 bits per heavy atom. The summed E-state index contributed by atoms with van der Waals surface area (Å²) in [7, 11) is 1.44. The van der Waals surface area contributed by atoms with E-state index in [4.69, 9.17) is 33.2 Å². The standard InChI is InChI=1S/C42H54O9/c1-3-20-34(27-18-7-5-4-6-8-19-28-36(43)45-2)48-42-39(50-40(44)32-23-14-10-15-24-32)38(46-29-31-21-12-9-13-22-31)37-35(49-42)30-47-41(51-37)33-25-16-11-17-26-33/h9-17,21-26,34-35,37-39,41-42H,3-8,18-20,27-30H2,1-2H3/t34-,35+,37+,38-,39+,41?,42+/m0/s1. The number of esters is 2. The molecule has 3 aromatic carbocycles. The smallest absolute Gasteiger partial charge is 0.338 e. The zero-order valence-corrected chi connectivity index (χ0v) is 30.1. The Morgan fingerprint density at radius 2 is 1.41 bits per heavy atom. The Kier molecular flexibility index (Phi) is 15.9. The number of carbonyl (C=O) groups is 2. The Hall–Kier alpha value is -3.60. The van der Waals surface area contributed by atoms with Crippen molar-refractivity contribution in [2.75, 3.05) is 13.7 Å². The molecule has 5 rings (SSSR count). The fraction of sp³-hybridized carbons (Fsp3) is 0.524. The van der Waals surface area contributed by atoms with E-state index in [1.165, 1.54) is 7.11 Å². The molecule has 0 saturated carbocycles. The minimum Gasteiger partial charge on any atom is -0.469 e. The molecule has 2 heterocycles. The van der Waals surface area contributed by atoms with Gasteiger partial charge in [0.15, 0.2) is 18.7 Å². The maximum atomic E-state index is 13.6. The summed E-state index contributed by atoms with van der Waals surface area (Å²) in [5, 5.41) is 0. The van der Waals surface area contributed by atoms with Gasteiger partial charge in [-0.05, 0) is 37.0 Å². The Morgan fingerprint density at radius 3 is 2.10 bits per heavy atom. The van der Waals surface area contributed by atoms with E-state index in [9.17, 15) is 9.59 Å². The monoisotopic (exact) mass is 702 g/mol. The number of carbonyl (C=O) groups excluding carboxylic acids is 2. The average molecular weight is 703 g/mol. The molecule has 276 valence electrons. The van der Waals surface area contributed by atoms with E-state index in [0.717, 1.165) is 75.3 Å². The van der Waals surface area contributed by atoms with E-state index in [2.05, 4.69) is 6.92 Å². The quantitative estimate of drug-likeness (QED) is 0.0848. The van der Waals surface area contributed by atoms with Crippen LogP contribution >= 0.6 is 0 Å². The van der Waals surface area contributed by atoms with Gasteiger partial charge >= 0.3 is 11.9 Å². The van der Waals surface area contributed by atoms with Gasteiger partial charge in [-0.25, -0.2) is 4.79 Å². The summed E-state index contributed by atoms with van der Waals surface area (Å²) in [5.74, 6) is -0.615. The number of benzene rings is 3. The molecule has 0 amide bonds. The molecule has 2 saturated heterocycles. The van der Waals surface area contributed by atoms with Gasteiger partial charge in [-0.15, -0.1) is 0 Å². The molecule has 9 nitrogen and oxygen atoms in total. The largest absolute Gasteiger partial charge is 0.469 e. The molecule has 51 heavy (non-hydrogen) atoms. The van der Waals surface area contributed by atoms with E-state index in [1.54, 1.807) is 12.1 Å². The first kappa shape index (κ1) is 38.6. The highest BCUT2D eigenvalue weighted by molar-refractivity contribution is 5.89. The van der Waals surface area contributed by atoms with E-state index in [1.807, 2.05) is 78.9 Å². The van der Waals surface area contributed by atoms with Crippen LogP contribution in [0.15, 0.2) is 91.0 Å². The van der Waals surface area contributed by atoms with Gasteiger partial charge in [0.1, 0.15) is 18.3 Å². The molecule has 0 N–H and O–H groups in total. The lowest BCUT2D eigenvalue weighted by molar-refractivity contribution is -0.371. The molecule has 2 aliphatic rings. The highest BCUT2D eigenvalue weighted by atomic mass is 16.8. The van der Waals surface area contributed by atoms with Crippen molar-refractivity contribution in [3.05, 3.63) is 108 Å². The summed E-state index contributed by atoms with van der Waals surface area (Å²) in [6, 6.07) is 28.7. The number of fused-ring (bicyclic) bond motifs is 1. The summed E-state index contributed by atoms with van der Waals surface area (Å²) in [5.41, 5.74) is 2.31. The lowest BCUT2D eigenvalue weighted by Crippen LogP contribution is -2.64. The van der Waals surface area contributed by atoms with Crippen LogP contribution in [-0.4, -0.2) is 62.5 Å². The molecule has 2 fully saturated rings.